The molecular weight excluding hydrogens is 268 g/mol. The van der Waals surface area contributed by atoms with Gasteiger partial charge >= 0.3 is 0 Å². The van der Waals surface area contributed by atoms with Crippen LogP contribution in [0.25, 0.3) is 0 Å². The van der Waals surface area contributed by atoms with Crippen molar-refractivity contribution in [1.82, 2.24) is 19.4 Å². The number of morpholine rings is 1. The van der Waals surface area contributed by atoms with Gasteiger partial charge in [-0.25, -0.2) is 4.98 Å². The molecule has 1 aliphatic heterocycles. The van der Waals surface area contributed by atoms with Gasteiger partial charge in [-0.2, -0.15) is 0 Å². The topological polar surface area (TPSA) is 50.6 Å². The molecule has 6 nitrogen and oxygen atoms in total. The van der Waals surface area contributed by atoms with E-state index in [1.807, 2.05) is 22.7 Å². The van der Waals surface area contributed by atoms with Crippen molar-refractivity contribution in [3.63, 3.8) is 0 Å². The number of likely N-dealkylation sites (N-methyl/N-ethyl adjacent to an activating group) is 1. The molecule has 0 unspecified atom stereocenters. The summed E-state index contributed by atoms with van der Waals surface area (Å²) in [5, 5.41) is 0. The van der Waals surface area contributed by atoms with E-state index in [4.69, 9.17) is 4.74 Å². The number of carbonyl (C=O) groups is 1. The normalized spacial score (nSPS) is 21.2. The minimum absolute atomic E-state index is 0.180. The molecule has 21 heavy (non-hydrogen) atoms. The van der Waals surface area contributed by atoms with Crippen LogP contribution in [-0.4, -0.2) is 71.7 Å². The molecule has 0 aromatic carbocycles. The summed E-state index contributed by atoms with van der Waals surface area (Å²) in [5.41, 5.74) is -0.180. The molecule has 1 aliphatic carbocycles. The zero-order valence-corrected chi connectivity index (χ0v) is 12.7. The second-order valence-corrected chi connectivity index (χ2v) is 6.20. The van der Waals surface area contributed by atoms with E-state index in [0.29, 0.717) is 0 Å². The van der Waals surface area contributed by atoms with Crippen LogP contribution in [0.3, 0.4) is 0 Å². The first-order valence-electron chi connectivity index (χ1n) is 7.71. The highest BCUT2D eigenvalue weighted by molar-refractivity contribution is 5.85. The van der Waals surface area contributed by atoms with Gasteiger partial charge < -0.3 is 14.2 Å². The molecule has 2 heterocycles. The van der Waals surface area contributed by atoms with Crippen LogP contribution in [-0.2, 0) is 16.1 Å². The van der Waals surface area contributed by atoms with Gasteiger partial charge in [-0.1, -0.05) is 0 Å². The van der Waals surface area contributed by atoms with Crippen LogP contribution in [0.2, 0.25) is 0 Å². The SMILES string of the molecule is CN(CCN1CCOCC1)C(=O)C1(Cn2ccnc2)CC1. The van der Waals surface area contributed by atoms with E-state index in [9.17, 15) is 4.79 Å². The first-order chi connectivity index (χ1) is 10.2. The number of ether oxygens (including phenoxy) is 1. The van der Waals surface area contributed by atoms with Gasteiger partial charge in [0.15, 0.2) is 0 Å². The summed E-state index contributed by atoms with van der Waals surface area (Å²) < 4.78 is 7.36. The maximum absolute atomic E-state index is 12.7. The van der Waals surface area contributed by atoms with E-state index in [0.717, 1.165) is 58.8 Å². The number of rotatable bonds is 6. The van der Waals surface area contributed by atoms with Gasteiger partial charge in [0.1, 0.15) is 0 Å². The zero-order chi connectivity index (χ0) is 14.7. The molecule has 0 bridgehead atoms. The predicted molar refractivity (Wildman–Crippen MR) is 78.8 cm³/mol. The number of hydrogen-bond donors (Lipinski definition) is 0. The van der Waals surface area contributed by atoms with E-state index < -0.39 is 0 Å². The molecule has 2 aliphatic rings. The van der Waals surface area contributed by atoms with Crippen molar-refractivity contribution in [2.75, 3.05) is 46.4 Å². The summed E-state index contributed by atoms with van der Waals surface area (Å²) in [5.74, 6) is 0.282. The van der Waals surface area contributed by atoms with Gasteiger partial charge in [0.2, 0.25) is 5.91 Å². The van der Waals surface area contributed by atoms with Crippen molar-refractivity contribution in [3.05, 3.63) is 18.7 Å². The summed E-state index contributed by atoms with van der Waals surface area (Å²) in [7, 11) is 1.93. The predicted octanol–water partition coefficient (Wildman–Crippen LogP) is 0.454. The summed E-state index contributed by atoms with van der Waals surface area (Å²) >= 11 is 0. The third kappa shape index (κ3) is 3.44. The van der Waals surface area contributed by atoms with Crippen molar-refractivity contribution in [2.45, 2.75) is 19.4 Å². The Hall–Kier alpha value is -1.40. The highest BCUT2D eigenvalue weighted by Crippen LogP contribution is 2.48. The quantitative estimate of drug-likeness (QED) is 0.764. The maximum atomic E-state index is 12.7. The van der Waals surface area contributed by atoms with Crippen molar-refractivity contribution in [3.8, 4) is 0 Å². The fourth-order valence-corrected chi connectivity index (χ4v) is 2.94. The number of aromatic nitrogens is 2. The highest BCUT2D eigenvalue weighted by Gasteiger charge is 2.51. The number of hydrogen-bond acceptors (Lipinski definition) is 4. The second-order valence-electron chi connectivity index (χ2n) is 6.20. The maximum Gasteiger partial charge on any atom is 0.230 e. The Morgan fingerprint density at radius 2 is 2.14 bits per heavy atom. The van der Waals surface area contributed by atoms with Crippen LogP contribution in [0.5, 0.6) is 0 Å². The van der Waals surface area contributed by atoms with E-state index >= 15 is 0 Å². The Morgan fingerprint density at radius 1 is 1.38 bits per heavy atom. The Kier molecular flexibility index (Phi) is 4.26. The number of nitrogens with zero attached hydrogens (tertiary/aromatic N) is 4. The molecule has 116 valence electrons. The fourth-order valence-electron chi connectivity index (χ4n) is 2.94. The monoisotopic (exact) mass is 292 g/mol. The third-order valence-electron chi connectivity index (χ3n) is 4.55. The molecule has 1 aromatic heterocycles. The lowest BCUT2D eigenvalue weighted by molar-refractivity contribution is -0.136. The summed E-state index contributed by atoms with van der Waals surface area (Å²) in [6.07, 6.45) is 7.47. The van der Waals surface area contributed by atoms with Crippen LogP contribution < -0.4 is 0 Å². The Bertz CT molecular complexity index is 464. The van der Waals surface area contributed by atoms with Gasteiger partial charge in [-0.3, -0.25) is 9.69 Å². The van der Waals surface area contributed by atoms with Crippen LogP contribution in [0.15, 0.2) is 18.7 Å². The molecule has 1 aromatic rings. The first-order valence-corrected chi connectivity index (χ1v) is 7.71. The number of imidazole rings is 1. The Labute approximate surface area is 125 Å². The number of carbonyl (C=O) groups excluding carboxylic acids is 1. The molecule has 0 atom stereocenters. The second kappa shape index (κ2) is 6.15. The van der Waals surface area contributed by atoms with Crippen LogP contribution >= 0.6 is 0 Å². The largest absolute Gasteiger partial charge is 0.379 e. The van der Waals surface area contributed by atoms with E-state index in [1.165, 1.54) is 0 Å². The minimum atomic E-state index is -0.180. The van der Waals surface area contributed by atoms with Crippen LogP contribution in [0.1, 0.15) is 12.8 Å². The summed E-state index contributed by atoms with van der Waals surface area (Å²) in [4.78, 5) is 21.0. The third-order valence-corrected chi connectivity index (χ3v) is 4.55. The summed E-state index contributed by atoms with van der Waals surface area (Å²) in [6, 6.07) is 0. The summed E-state index contributed by atoms with van der Waals surface area (Å²) in [6.45, 7) is 6.06. The Morgan fingerprint density at radius 3 is 2.76 bits per heavy atom. The lowest BCUT2D eigenvalue weighted by Gasteiger charge is -2.30. The van der Waals surface area contributed by atoms with Crippen LogP contribution in [0.4, 0.5) is 0 Å². The molecule has 0 radical (unpaired) electrons. The van der Waals surface area contributed by atoms with Gasteiger partial charge in [0, 0.05) is 52.2 Å². The molecule has 0 spiro atoms. The zero-order valence-electron chi connectivity index (χ0n) is 12.7. The van der Waals surface area contributed by atoms with Gasteiger partial charge in [0.05, 0.1) is 25.0 Å². The lowest BCUT2D eigenvalue weighted by Crippen LogP contribution is -2.44. The van der Waals surface area contributed by atoms with Gasteiger partial charge in [0.25, 0.3) is 0 Å². The lowest BCUT2D eigenvalue weighted by atomic mass is 10.1. The van der Waals surface area contributed by atoms with Crippen molar-refractivity contribution < 1.29 is 9.53 Å². The molecule has 1 saturated heterocycles. The molecular formula is C15H24N4O2. The van der Waals surface area contributed by atoms with Crippen molar-refractivity contribution in [1.29, 1.82) is 0 Å². The number of amides is 1. The van der Waals surface area contributed by atoms with E-state index in [2.05, 4.69) is 9.88 Å². The smallest absolute Gasteiger partial charge is 0.230 e. The molecule has 1 amide bonds. The standard InChI is InChI=1S/C15H24N4O2/c1-17(6-7-18-8-10-21-11-9-18)14(20)15(2-3-15)12-19-5-4-16-13-19/h4-5,13H,2-3,6-12H2,1H3. The molecule has 6 heteroatoms. The minimum Gasteiger partial charge on any atom is -0.379 e. The fraction of sp³-hybridized carbons (Fsp3) is 0.733. The Balaban J connectivity index is 1.49. The molecule has 3 rings (SSSR count). The van der Waals surface area contributed by atoms with E-state index in [1.54, 1.807) is 12.5 Å². The first kappa shape index (κ1) is 14.5. The highest BCUT2D eigenvalue weighted by atomic mass is 16.5. The van der Waals surface area contributed by atoms with Gasteiger partial charge in [-0.15, -0.1) is 0 Å². The van der Waals surface area contributed by atoms with Crippen LogP contribution in [0, 0.1) is 5.41 Å². The average molecular weight is 292 g/mol. The van der Waals surface area contributed by atoms with Gasteiger partial charge in [-0.05, 0) is 12.8 Å². The molecule has 0 N–H and O–H groups in total. The van der Waals surface area contributed by atoms with Crippen molar-refractivity contribution >= 4 is 5.91 Å². The molecule has 2 fully saturated rings. The average Bonchev–Trinajstić information content (AvgIpc) is 3.11. The van der Waals surface area contributed by atoms with E-state index in [-0.39, 0.29) is 11.3 Å². The van der Waals surface area contributed by atoms with Crippen molar-refractivity contribution in [2.24, 2.45) is 5.41 Å². The molecule has 1 saturated carbocycles.